The molecule has 306 valence electrons. The molecule has 3 atom stereocenters. The number of hydrogen-bond acceptors (Lipinski definition) is 7. The third-order valence-electron chi connectivity index (χ3n) is 10.6. The zero-order chi connectivity index (χ0) is 41.5. The van der Waals surface area contributed by atoms with Gasteiger partial charge in [-0.15, -0.1) is 5.54 Å². The molecule has 0 spiro atoms. The molecule has 0 heterocycles. The van der Waals surface area contributed by atoms with Gasteiger partial charge >= 0.3 is 5.97 Å². The molecule has 0 saturated carbocycles. The summed E-state index contributed by atoms with van der Waals surface area (Å²) in [6, 6.07) is 31.5. The highest BCUT2D eigenvalue weighted by molar-refractivity contribution is 6.99. The second-order valence-electron chi connectivity index (χ2n) is 16.6. The first kappa shape index (κ1) is 47.1. The second kappa shape index (κ2) is 21.5. The average Bonchev–Trinajstić information content (AvgIpc) is 3.18. The van der Waals surface area contributed by atoms with Crippen molar-refractivity contribution in [1.82, 2.24) is 0 Å². The Labute approximate surface area is 341 Å². The summed E-state index contributed by atoms with van der Waals surface area (Å²) in [4.78, 5) is 13.2. The molecule has 10 heteroatoms. The van der Waals surface area contributed by atoms with E-state index in [1.165, 1.54) is 16.4 Å². The van der Waals surface area contributed by atoms with Gasteiger partial charge in [0.2, 0.25) is 0 Å². The first-order chi connectivity index (χ1) is 26.5. The minimum atomic E-state index is -2.95. The van der Waals surface area contributed by atoms with Crippen LogP contribution in [-0.4, -0.2) is 73.9 Å². The second-order valence-corrected chi connectivity index (χ2v) is 30.3. The number of esters is 1. The van der Waals surface area contributed by atoms with Crippen LogP contribution in [0.25, 0.3) is 0 Å². The van der Waals surface area contributed by atoms with Crippen molar-refractivity contribution in [3.8, 4) is 17.2 Å². The Morgan fingerprint density at radius 2 is 1.39 bits per heavy atom. The number of ether oxygens (including phenoxy) is 3. The van der Waals surface area contributed by atoms with Crippen LogP contribution in [-0.2, 0) is 29.7 Å². The van der Waals surface area contributed by atoms with Crippen molar-refractivity contribution in [2.75, 3.05) is 20.3 Å². The highest BCUT2D eigenvalue weighted by Gasteiger charge is 2.52. The van der Waals surface area contributed by atoms with Crippen molar-refractivity contribution in [3.63, 3.8) is 0 Å². The average molecular weight is 817 g/mol. The lowest BCUT2D eigenvalue weighted by molar-refractivity contribution is -0.137. The van der Waals surface area contributed by atoms with Crippen LogP contribution in [0.15, 0.2) is 97.1 Å². The zero-order valence-electron chi connectivity index (χ0n) is 35.9. The predicted molar refractivity (Wildman–Crippen MR) is 238 cm³/mol. The van der Waals surface area contributed by atoms with Gasteiger partial charge in [0.25, 0.3) is 8.32 Å². The Balaban J connectivity index is 2.30. The molecular weight excluding hydrogens is 749 g/mol. The lowest BCUT2D eigenvalue weighted by Crippen LogP contribution is -2.67. The topological polar surface area (TPSA) is 83.5 Å². The minimum absolute atomic E-state index is 0.168. The first-order valence-electron chi connectivity index (χ1n) is 20.3. The molecule has 0 amide bonds. The van der Waals surface area contributed by atoms with Gasteiger partial charge in [-0.3, -0.25) is 0 Å². The van der Waals surface area contributed by atoms with Gasteiger partial charge in [-0.2, -0.15) is 0 Å². The molecule has 0 aromatic heterocycles. The van der Waals surface area contributed by atoms with E-state index in [9.17, 15) is 9.90 Å². The molecule has 0 saturated heterocycles. The fourth-order valence-corrected chi connectivity index (χ4v) is 15.5. The van der Waals surface area contributed by atoms with Crippen LogP contribution in [0.3, 0.4) is 0 Å². The molecule has 3 rings (SSSR count). The molecule has 56 heavy (non-hydrogen) atoms. The van der Waals surface area contributed by atoms with Crippen LogP contribution in [0.1, 0.15) is 66.9 Å². The number of aliphatic hydroxyl groups is 1. The van der Waals surface area contributed by atoms with E-state index in [4.69, 9.17) is 23.1 Å². The number of aliphatic hydroxyl groups excluding tert-OH is 1. The van der Waals surface area contributed by atoms with Crippen molar-refractivity contribution in [2.45, 2.75) is 129 Å². The van der Waals surface area contributed by atoms with Crippen molar-refractivity contribution in [3.05, 3.63) is 103 Å². The molecule has 3 aromatic rings. The summed E-state index contributed by atoms with van der Waals surface area (Å²) < 4.78 is 32.9. The molecule has 7 nitrogen and oxygen atoms in total. The Hall–Kier alpha value is -3.28. The maximum absolute atomic E-state index is 13.2. The smallest absolute Gasteiger partial charge is 0.330 e. The van der Waals surface area contributed by atoms with E-state index >= 15 is 0 Å². The summed E-state index contributed by atoms with van der Waals surface area (Å²) in [5.41, 5.74) is 3.12. The highest BCUT2D eigenvalue weighted by Crippen LogP contribution is 2.40. The molecule has 0 aliphatic carbocycles. The van der Waals surface area contributed by atoms with Crippen molar-refractivity contribution in [2.24, 2.45) is 0 Å². The molecule has 0 aliphatic rings. The minimum Gasteiger partial charge on any atom is -0.497 e. The lowest BCUT2D eigenvalue weighted by Gasteiger charge is -2.47. The van der Waals surface area contributed by atoms with E-state index < -0.39 is 48.5 Å². The van der Waals surface area contributed by atoms with E-state index in [1.807, 2.05) is 42.5 Å². The van der Waals surface area contributed by atoms with Crippen LogP contribution < -0.4 is 15.1 Å². The van der Waals surface area contributed by atoms with E-state index in [0.29, 0.717) is 13.0 Å². The van der Waals surface area contributed by atoms with Crippen molar-refractivity contribution < 1.29 is 33.0 Å². The maximum Gasteiger partial charge on any atom is 0.330 e. The van der Waals surface area contributed by atoms with E-state index in [1.54, 1.807) is 14.0 Å². The first-order valence-corrected chi connectivity index (χ1v) is 28.2. The standard InChI is InChI=1S/C46H68O7Si3/c1-12-50-44(48)30-32-46(53-55(13-2,14-3)15-4,43(36-39(47)31-35-54(9,10)11)51-37-38-26-28-40(49-8)29-27-38)33-34-52-56(45(5,6)7,41-22-18-16-19-23-41)42-24-20-17-21-25-42/h16-30,32,39,43,47H,12-15,33-34,36-37H2,1-11H3/b32-30+/t39-,43+,46-/m0/s1. The number of methoxy groups -OCH3 is 1. The molecule has 3 aromatic carbocycles. The largest absolute Gasteiger partial charge is 0.497 e. The van der Waals surface area contributed by atoms with Crippen LogP contribution >= 0.6 is 0 Å². The van der Waals surface area contributed by atoms with Gasteiger partial charge in [-0.1, -0.05) is 140 Å². The number of benzene rings is 3. The molecule has 0 fully saturated rings. The zero-order valence-corrected chi connectivity index (χ0v) is 38.9. The van der Waals surface area contributed by atoms with Gasteiger partial charge in [0, 0.05) is 25.5 Å². The maximum atomic E-state index is 13.2. The third kappa shape index (κ3) is 12.9. The number of hydrogen-bond donors (Lipinski definition) is 1. The van der Waals surface area contributed by atoms with Crippen LogP contribution in [0.4, 0.5) is 0 Å². The fraction of sp³-hybridized carbons (Fsp3) is 0.500. The molecule has 0 radical (unpaired) electrons. The van der Waals surface area contributed by atoms with Gasteiger partial charge in [-0.25, -0.2) is 4.79 Å². The predicted octanol–water partition coefficient (Wildman–Crippen LogP) is 9.06. The fourth-order valence-electron chi connectivity index (χ4n) is 7.29. The van der Waals surface area contributed by atoms with Gasteiger partial charge in [-0.05, 0) is 64.2 Å². The summed E-state index contributed by atoms with van der Waals surface area (Å²) >= 11 is 0. The number of carbonyl (C=O) groups is 1. The number of carbonyl (C=O) groups excluding carboxylic acids is 1. The quantitative estimate of drug-likeness (QED) is 0.0498. The Kier molecular flexibility index (Phi) is 18.1. The lowest BCUT2D eigenvalue weighted by atomic mass is 9.88. The van der Waals surface area contributed by atoms with E-state index in [-0.39, 0.29) is 24.7 Å². The number of rotatable bonds is 21. The molecule has 0 bridgehead atoms. The summed E-state index contributed by atoms with van der Waals surface area (Å²) in [6.45, 7) is 22.4. The summed E-state index contributed by atoms with van der Waals surface area (Å²) in [7, 11) is -5.55. The Bertz CT molecular complexity index is 1660. The van der Waals surface area contributed by atoms with Gasteiger partial charge in [0.15, 0.2) is 8.32 Å². The van der Waals surface area contributed by atoms with Gasteiger partial charge in [0.05, 0.1) is 26.4 Å². The summed E-state index contributed by atoms with van der Waals surface area (Å²) in [6.07, 6.45) is 2.17. The monoisotopic (exact) mass is 816 g/mol. The summed E-state index contributed by atoms with van der Waals surface area (Å²) in [5, 5.41) is 13.8. The molecule has 0 unspecified atom stereocenters. The van der Waals surface area contributed by atoms with E-state index in [0.717, 1.165) is 29.4 Å². The SMILES string of the molecule is CCOC(=O)/C=C/[C@@](CCO[Si](c1ccccc1)(c1ccccc1)C(C)(C)C)(O[Si](CC)(CC)CC)[C@@H](C[C@@H](O)C#C[Si](C)(C)C)OCc1ccc(OC)cc1. The van der Waals surface area contributed by atoms with Crippen LogP contribution in [0.5, 0.6) is 5.75 Å². The van der Waals surface area contributed by atoms with E-state index in [2.05, 4.69) is 121 Å². The summed E-state index contributed by atoms with van der Waals surface area (Å²) in [5.74, 6) is 3.45. The van der Waals surface area contributed by atoms with Crippen LogP contribution in [0, 0.1) is 11.5 Å². The van der Waals surface area contributed by atoms with Crippen LogP contribution in [0.2, 0.25) is 42.8 Å². The third-order valence-corrected chi connectivity index (χ3v) is 21.2. The molecule has 0 aliphatic heterocycles. The van der Waals surface area contributed by atoms with Gasteiger partial charge < -0.3 is 28.2 Å². The highest BCUT2D eigenvalue weighted by atomic mass is 28.4. The Morgan fingerprint density at radius 1 is 0.839 bits per heavy atom. The van der Waals surface area contributed by atoms with Gasteiger partial charge in [0.1, 0.15) is 25.5 Å². The molecular formula is C46H68O7Si3. The normalized spacial score (nSPS) is 14.7. The Morgan fingerprint density at radius 3 is 1.86 bits per heavy atom. The van der Waals surface area contributed by atoms with Crippen molar-refractivity contribution in [1.29, 1.82) is 0 Å². The molecule has 1 N–H and O–H groups in total. The van der Waals surface area contributed by atoms with Crippen molar-refractivity contribution >= 4 is 41.1 Å².